The molecule has 2 aromatic rings. The summed E-state index contributed by atoms with van der Waals surface area (Å²) in [5.41, 5.74) is 3.31. The van der Waals surface area contributed by atoms with Crippen molar-refractivity contribution in [3.05, 3.63) is 53.1 Å². The van der Waals surface area contributed by atoms with Gasteiger partial charge in [0, 0.05) is 5.69 Å². The average Bonchev–Trinajstić information content (AvgIpc) is 2.56. The molecule has 2 aromatic carbocycles. The molecule has 0 saturated heterocycles. The molecule has 0 aliphatic carbocycles. The van der Waals surface area contributed by atoms with Gasteiger partial charge in [0.15, 0.2) is 12.9 Å². The molecule has 1 N–H and O–H groups in total. The minimum atomic E-state index is -0.291. The Morgan fingerprint density at radius 3 is 2.57 bits per heavy atom. The van der Waals surface area contributed by atoms with Gasteiger partial charge in [-0.25, -0.2) is 0 Å². The number of amides is 1. The van der Waals surface area contributed by atoms with Crippen LogP contribution in [0.1, 0.15) is 21.5 Å². The molecule has 0 aromatic heterocycles. The van der Waals surface area contributed by atoms with Gasteiger partial charge in [0.25, 0.3) is 5.91 Å². The van der Waals surface area contributed by atoms with Gasteiger partial charge in [0.2, 0.25) is 0 Å². The number of anilines is 1. The molecule has 0 saturated carbocycles. The number of aryl methyl sites for hydroxylation is 2. The molecule has 0 atom stereocenters. The molecule has 1 amide bonds. The van der Waals surface area contributed by atoms with Crippen LogP contribution in [-0.2, 0) is 4.79 Å². The van der Waals surface area contributed by atoms with E-state index < -0.39 is 0 Å². The maximum atomic E-state index is 12.0. The minimum absolute atomic E-state index is 0.180. The molecule has 0 aliphatic rings. The fourth-order valence-corrected chi connectivity index (χ4v) is 2.04. The number of benzene rings is 2. The van der Waals surface area contributed by atoms with Gasteiger partial charge >= 0.3 is 0 Å². The Labute approximate surface area is 135 Å². The van der Waals surface area contributed by atoms with Gasteiger partial charge < -0.3 is 14.8 Å². The van der Waals surface area contributed by atoms with Crippen LogP contribution in [0.4, 0.5) is 5.69 Å². The number of hydrogen-bond acceptors (Lipinski definition) is 4. The summed E-state index contributed by atoms with van der Waals surface area (Å²) in [6.07, 6.45) is 0.666. The van der Waals surface area contributed by atoms with Crippen molar-refractivity contribution in [2.24, 2.45) is 0 Å². The molecule has 0 unspecified atom stereocenters. The Hall–Kier alpha value is -2.82. The Morgan fingerprint density at radius 2 is 1.91 bits per heavy atom. The maximum Gasteiger partial charge on any atom is 0.262 e. The second-order valence-electron chi connectivity index (χ2n) is 5.16. The van der Waals surface area contributed by atoms with E-state index in [4.69, 9.17) is 9.47 Å². The lowest BCUT2D eigenvalue weighted by Crippen LogP contribution is -2.20. The quantitative estimate of drug-likeness (QED) is 0.832. The molecule has 0 fully saturated rings. The second kappa shape index (κ2) is 7.45. The number of hydrogen-bond donors (Lipinski definition) is 1. The fourth-order valence-electron chi connectivity index (χ4n) is 2.04. The summed E-state index contributed by atoms with van der Waals surface area (Å²) in [6.45, 7) is 3.81. The summed E-state index contributed by atoms with van der Waals surface area (Å²) < 4.78 is 10.5. The third kappa shape index (κ3) is 4.32. The first-order valence-electron chi connectivity index (χ1n) is 7.16. The standard InChI is InChI=1S/C18H19NO4/c1-12-4-5-15(8-13(12)2)19-18(21)11-23-17-7-6-16(22-3)9-14(17)10-20/h4-10H,11H2,1-3H3,(H,19,21). The lowest BCUT2D eigenvalue weighted by molar-refractivity contribution is -0.118. The molecule has 5 nitrogen and oxygen atoms in total. The van der Waals surface area contributed by atoms with Crippen molar-refractivity contribution in [3.8, 4) is 11.5 Å². The molecule has 0 heterocycles. The highest BCUT2D eigenvalue weighted by Gasteiger charge is 2.09. The van der Waals surface area contributed by atoms with Crippen LogP contribution in [0.3, 0.4) is 0 Å². The third-order valence-electron chi connectivity index (χ3n) is 3.49. The molecule has 5 heteroatoms. The van der Waals surface area contributed by atoms with Gasteiger partial charge in [0.05, 0.1) is 12.7 Å². The van der Waals surface area contributed by atoms with Crippen LogP contribution in [0.15, 0.2) is 36.4 Å². The Kier molecular flexibility index (Phi) is 5.36. The van der Waals surface area contributed by atoms with Gasteiger partial charge in [-0.2, -0.15) is 0 Å². The van der Waals surface area contributed by atoms with E-state index in [2.05, 4.69) is 5.32 Å². The van der Waals surface area contributed by atoms with Crippen molar-refractivity contribution >= 4 is 17.9 Å². The van der Waals surface area contributed by atoms with Crippen molar-refractivity contribution in [1.29, 1.82) is 0 Å². The predicted molar refractivity (Wildman–Crippen MR) is 88.4 cm³/mol. The van der Waals surface area contributed by atoms with Gasteiger partial charge in [-0.05, 0) is 55.3 Å². The van der Waals surface area contributed by atoms with Crippen LogP contribution in [0.5, 0.6) is 11.5 Å². The van der Waals surface area contributed by atoms with E-state index in [-0.39, 0.29) is 12.5 Å². The first-order chi connectivity index (χ1) is 11.0. The summed E-state index contributed by atoms with van der Waals surface area (Å²) in [5, 5.41) is 2.76. The van der Waals surface area contributed by atoms with E-state index in [0.29, 0.717) is 29.0 Å². The Bertz CT molecular complexity index is 725. The number of aldehydes is 1. The first kappa shape index (κ1) is 16.5. The minimum Gasteiger partial charge on any atom is -0.497 e. The van der Waals surface area contributed by atoms with Crippen molar-refractivity contribution in [2.45, 2.75) is 13.8 Å². The highest BCUT2D eigenvalue weighted by atomic mass is 16.5. The van der Waals surface area contributed by atoms with Crippen LogP contribution in [-0.4, -0.2) is 25.9 Å². The van der Waals surface area contributed by atoms with Crippen LogP contribution < -0.4 is 14.8 Å². The van der Waals surface area contributed by atoms with E-state index in [9.17, 15) is 9.59 Å². The number of nitrogens with one attached hydrogen (secondary N) is 1. The highest BCUT2D eigenvalue weighted by molar-refractivity contribution is 5.92. The maximum absolute atomic E-state index is 12.0. The number of rotatable bonds is 6. The molecule has 2 rings (SSSR count). The van der Waals surface area contributed by atoms with E-state index in [1.54, 1.807) is 18.2 Å². The molecule has 0 aliphatic heterocycles. The zero-order valence-electron chi connectivity index (χ0n) is 13.4. The number of methoxy groups -OCH3 is 1. The molecule has 0 spiro atoms. The summed E-state index contributed by atoms with van der Waals surface area (Å²) in [4.78, 5) is 23.0. The van der Waals surface area contributed by atoms with E-state index in [1.807, 2.05) is 32.0 Å². The van der Waals surface area contributed by atoms with Crippen LogP contribution >= 0.6 is 0 Å². The number of ether oxygens (including phenoxy) is 2. The third-order valence-corrected chi connectivity index (χ3v) is 3.49. The summed E-state index contributed by atoms with van der Waals surface area (Å²) in [5.74, 6) is 0.607. The lowest BCUT2D eigenvalue weighted by atomic mass is 10.1. The summed E-state index contributed by atoms with van der Waals surface area (Å²) >= 11 is 0. The topological polar surface area (TPSA) is 64.6 Å². The fraction of sp³-hybridized carbons (Fsp3) is 0.222. The first-order valence-corrected chi connectivity index (χ1v) is 7.16. The molecular weight excluding hydrogens is 294 g/mol. The van der Waals surface area contributed by atoms with Crippen molar-refractivity contribution < 1.29 is 19.1 Å². The van der Waals surface area contributed by atoms with Gasteiger partial charge in [-0.3, -0.25) is 9.59 Å². The van der Waals surface area contributed by atoms with Gasteiger partial charge in [-0.1, -0.05) is 6.07 Å². The zero-order valence-corrected chi connectivity index (χ0v) is 13.4. The monoisotopic (exact) mass is 313 g/mol. The number of carbonyl (C=O) groups excluding carboxylic acids is 2. The summed E-state index contributed by atoms with van der Waals surface area (Å²) in [6, 6.07) is 10.5. The largest absolute Gasteiger partial charge is 0.497 e. The average molecular weight is 313 g/mol. The summed E-state index contributed by atoms with van der Waals surface area (Å²) in [7, 11) is 1.52. The molecule has 0 radical (unpaired) electrons. The number of carbonyl (C=O) groups is 2. The Morgan fingerprint density at radius 1 is 1.13 bits per heavy atom. The van der Waals surface area contributed by atoms with Gasteiger partial charge in [0.1, 0.15) is 11.5 Å². The van der Waals surface area contributed by atoms with Crippen molar-refractivity contribution in [3.63, 3.8) is 0 Å². The molecule has 120 valence electrons. The van der Waals surface area contributed by atoms with Crippen molar-refractivity contribution in [2.75, 3.05) is 19.0 Å². The van der Waals surface area contributed by atoms with E-state index in [0.717, 1.165) is 11.1 Å². The smallest absolute Gasteiger partial charge is 0.262 e. The second-order valence-corrected chi connectivity index (χ2v) is 5.16. The van der Waals surface area contributed by atoms with Crippen LogP contribution in [0, 0.1) is 13.8 Å². The van der Waals surface area contributed by atoms with E-state index in [1.165, 1.54) is 7.11 Å². The molecular formula is C18H19NO4. The zero-order chi connectivity index (χ0) is 16.8. The molecule has 23 heavy (non-hydrogen) atoms. The highest BCUT2D eigenvalue weighted by Crippen LogP contribution is 2.22. The SMILES string of the molecule is COc1ccc(OCC(=O)Nc2ccc(C)c(C)c2)c(C=O)c1. The normalized spacial score (nSPS) is 10.0. The van der Waals surface area contributed by atoms with Crippen LogP contribution in [0.2, 0.25) is 0 Å². The predicted octanol–water partition coefficient (Wildman–Crippen LogP) is 3.14. The van der Waals surface area contributed by atoms with Crippen LogP contribution in [0.25, 0.3) is 0 Å². The van der Waals surface area contributed by atoms with Gasteiger partial charge in [-0.15, -0.1) is 0 Å². The van der Waals surface area contributed by atoms with Crippen molar-refractivity contribution in [1.82, 2.24) is 0 Å². The lowest BCUT2D eigenvalue weighted by Gasteiger charge is -2.11. The van der Waals surface area contributed by atoms with E-state index >= 15 is 0 Å². The molecule has 0 bridgehead atoms. The Balaban J connectivity index is 1.98.